The average molecular weight is 163 g/mol. The fourth-order valence-electron chi connectivity index (χ4n) is 1.51. The second-order valence-electron chi connectivity index (χ2n) is 3.37. The van der Waals surface area contributed by atoms with Crippen LogP contribution in [0.5, 0.6) is 0 Å². The number of rotatable bonds is 3. The predicted octanol–water partition coefficient (Wildman–Crippen LogP) is 1.98. The molecule has 3 heteroatoms. The summed E-state index contributed by atoms with van der Waals surface area (Å²) in [6.45, 7) is 4.75. The Hall–Kier alpha value is -0.180. The third-order valence-electron chi connectivity index (χ3n) is 2.17. The SMILES string of the molecule is CC1CCN(CCC(F)F)C1. The van der Waals surface area contributed by atoms with E-state index in [-0.39, 0.29) is 6.42 Å². The summed E-state index contributed by atoms with van der Waals surface area (Å²) in [6.07, 6.45) is -0.929. The lowest BCUT2D eigenvalue weighted by molar-refractivity contribution is 0.121. The molecule has 0 N–H and O–H groups in total. The number of likely N-dealkylation sites (tertiary alicyclic amines) is 1. The van der Waals surface area contributed by atoms with Gasteiger partial charge in [-0.3, -0.25) is 0 Å². The zero-order chi connectivity index (χ0) is 8.27. The molecule has 1 atom stereocenters. The Kier molecular flexibility index (Phi) is 3.24. The molecule has 0 bridgehead atoms. The molecule has 1 aliphatic rings. The van der Waals surface area contributed by atoms with Crippen molar-refractivity contribution in [3.8, 4) is 0 Å². The van der Waals surface area contributed by atoms with Crippen molar-refractivity contribution in [2.75, 3.05) is 19.6 Å². The van der Waals surface area contributed by atoms with E-state index in [9.17, 15) is 8.78 Å². The lowest BCUT2D eigenvalue weighted by Gasteiger charge is -2.13. The van der Waals surface area contributed by atoms with E-state index in [2.05, 4.69) is 11.8 Å². The normalized spacial score (nSPS) is 26.7. The summed E-state index contributed by atoms with van der Waals surface area (Å²) in [5.74, 6) is 0.702. The molecule has 1 unspecified atom stereocenters. The van der Waals surface area contributed by atoms with E-state index in [1.54, 1.807) is 0 Å². The molecule has 0 aromatic rings. The molecule has 1 heterocycles. The molecule has 0 aromatic heterocycles. The third-order valence-corrected chi connectivity index (χ3v) is 2.17. The van der Waals surface area contributed by atoms with E-state index in [0.29, 0.717) is 12.5 Å². The maximum Gasteiger partial charge on any atom is 0.239 e. The monoisotopic (exact) mass is 163 g/mol. The Morgan fingerprint density at radius 1 is 1.55 bits per heavy atom. The van der Waals surface area contributed by atoms with Crippen molar-refractivity contribution in [3.05, 3.63) is 0 Å². The van der Waals surface area contributed by atoms with E-state index in [4.69, 9.17) is 0 Å². The van der Waals surface area contributed by atoms with Crippen molar-refractivity contribution in [2.45, 2.75) is 26.2 Å². The summed E-state index contributed by atoms with van der Waals surface area (Å²) in [7, 11) is 0. The number of hydrogen-bond acceptors (Lipinski definition) is 1. The van der Waals surface area contributed by atoms with E-state index in [0.717, 1.165) is 13.1 Å². The number of alkyl halides is 2. The highest BCUT2D eigenvalue weighted by molar-refractivity contribution is 4.71. The summed E-state index contributed by atoms with van der Waals surface area (Å²) < 4.78 is 23.5. The maximum atomic E-state index is 11.8. The van der Waals surface area contributed by atoms with Crippen LogP contribution in [-0.2, 0) is 0 Å². The van der Waals surface area contributed by atoms with Crippen LogP contribution < -0.4 is 0 Å². The molecule has 0 spiro atoms. The van der Waals surface area contributed by atoms with E-state index < -0.39 is 6.43 Å². The number of halogens is 2. The molecule has 0 radical (unpaired) electrons. The van der Waals surface area contributed by atoms with Gasteiger partial charge >= 0.3 is 0 Å². The third kappa shape index (κ3) is 3.14. The molecular weight excluding hydrogens is 148 g/mol. The summed E-state index contributed by atoms with van der Waals surface area (Å²) in [6, 6.07) is 0. The van der Waals surface area contributed by atoms with Crippen molar-refractivity contribution in [1.29, 1.82) is 0 Å². The first-order valence-electron chi connectivity index (χ1n) is 4.19. The van der Waals surface area contributed by atoms with Gasteiger partial charge in [0.05, 0.1) is 0 Å². The molecule has 0 aromatic carbocycles. The molecule has 1 aliphatic heterocycles. The largest absolute Gasteiger partial charge is 0.303 e. The highest BCUT2D eigenvalue weighted by Gasteiger charge is 2.18. The van der Waals surface area contributed by atoms with Crippen molar-refractivity contribution in [3.63, 3.8) is 0 Å². The fourth-order valence-corrected chi connectivity index (χ4v) is 1.51. The molecule has 0 saturated carbocycles. The van der Waals surface area contributed by atoms with Gasteiger partial charge in [0.25, 0.3) is 0 Å². The minimum atomic E-state index is -2.13. The quantitative estimate of drug-likeness (QED) is 0.615. The van der Waals surface area contributed by atoms with Crippen molar-refractivity contribution >= 4 is 0 Å². The molecular formula is C8H15F2N. The van der Waals surface area contributed by atoms with Crippen molar-refractivity contribution < 1.29 is 8.78 Å². The second kappa shape index (κ2) is 4.00. The number of nitrogens with zero attached hydrogens (tertiary/aromatic N) is 1. The summed E-state index contributed by atoms with van der Waals surface area (Å²) in [5, 5.41) is 0. The lowest BCUT2D eigenvalue weighted by Crippen LogP contribution is -2.23. The van der Waals surface area contributed by atoms with Gasteiger partial charge in [0.1, 0.15) is 0 Å². The van der Waals surface area contributed by atoms with Crippen LogP contribution in [0.1, 0.15) is 19.8 Å². The van der Waals surface area contributed by atoms with Gasteiger partial charge in [0.2, 0.25) is 6.43 Å². The Morgan fingerprint density at radius 2 is 2.27 bits per heavy atom. The highest BCUT2D eigenvalue weighted by Crippen LogP contribution is 2.15. The van der Waals surface area contributed by atoms with Crippen molar-refractivity contribution in [1.82, 2.24) is 4.90 Å². The summed E-state index contributed by atoms with van der Waals surface area (Å²) >= 11 is 0. The van der Waals surface area contributed by atoms with E-state index in [1.807, 2.05) is 0 Å². The smallest absolute Gasteiger partial charge is 0.239 e. The zero-order valence-corrected chi connectivity index (χ0v) is 6.89. The highest BCUT2D eigenvalue weighted by atomic mass is 19.3. The first kappa shape index (κ1) is 8.91. The van der Waals surface area contributed by atoms with Gasteiger partial charge in [-0.15, -0.1) is 0 Å². The molecule has 1 nitrogen and oxygen atoms in total. The lowest BCUT2D eigenvalue weighted by atomic mass is 10.2. The zero-order valence-electron chi connectivity index (χ0n) is 6.89. The van der Waals surface area contributed by atoms with E-state index in [1.165, 1.54) is 6.42 Å². The number of hydrogen-bond donors (Lipinski definition) is 0. The molecule has 1 fully saturated rings. The molecule has 1 rings (SSSR count). The van der Waals surface area contributed by atoms with Crippen molar-refractivity contribution in [2.24, 2.45) is 5.92 Å². The average Bonchev–Trinajstić information content (AvgIpc) is 2.31. The van der Waals surface area contributed by atoms with Crippen LogP contribution in [-0.4, -0.2) is 31.0 Å². The first-order chi connectivity index (χ1) is 5.18. The molecule has 66 valence electrons. The Labute approximate surface area is 66.4 Å². The second-order valence-corrected chi connectivity index (χ2v) is 3.37. The van der Waals surface area contributed by atoms with Crippen LogP contribution in [0.2, 0.25) is 0 Å². The van der Waals surface area contributed by atoms with Crippen LogP contribution in [0.4, 0.5) is 8.78 Å². The Bertz CT molecular complexity index is 117. The predicted molar refractivity (Wildman–Crippen MR) is 40.8 cm³/mol. The van der Waals surface area contributed by atoms with Crippen LogP contribution in [0.15, 0.2) is 0 Å². The van der Waals surface area contributed by atoms with E-state index >= 15 is 0 Å². The minimum Gasteiger partial charge on any atom is -0.303 e. The van der Waals surface area contributed by atoms with Gasteiger partial charge in [-0.1, -0.05) is 6.92 Å². The van der Waals surface area contributed by atoms with Gasteiger partial charge in [-0.2, -0.15) is 0 Å². The van der Waals surface area contributed by atoms with Crippen LogP contribution in [0.25, 0.3) is 0 Å². The molecule has 1 saturated heterocycles. The van der Waals surface area contributed by atoms with Gasteiger partial charge in [0, 0.05) is 19.5 Å². The molecule has 0 aliphatic carbocycles. The molecule has 11 heavy (non-hydrogen) atoms. The minimum absolute atomic E-state index is 0.0344. The fraction of sp³-hybridized carbons (Fsp3) is 1.00. The first-order valence-corrected chi connectivity index (χ1v) is 4.19. The van der Waals surface area contributed by atoms with Crippen LogP contribution in [0, 0.1) is 5.92 Å². The van der Waals surface area contributed by atoms with Gasteiger partial charge in [-0.25, -0.2) is 8.78 Å². The topological polar surface area (TPSA) is 3.24 Å². The van der Waals surface area contributed by atoms with Gasteiger partial charge < -0.3 is 4.90 Å². The summed E-state index contributed by atoms with van der Waals surface area (Å²) in [5.41, 5.74) is 0. The van der Waals surface area contributed by atoms with Gasteiger partial charge in [-0.05, 0) is 18.9 Å². The molecule has 0 amide bonds. The Morgan fingerprint density at radius 3 is 2.73 bits per heavy atom. The van der Waals surface area contributed by atoms with Crippen LogP contribution in [0.3, 0.4) is 0 Å². The summed E-state index contributed by atoms with van der Waals surface area (Å²) in [4.78, 5) is 2.12. The van der Waals surface area contributed by atoms with Crippen LogP contribution >= 0.6 is 0 Å². The maximum absolute atomic E-state index is 11.8. The standard InChI is InChI=1S/C8H15F2N/c1-7-2-4-11(6-7)5-3-8(9)10/h7-8H,2-6H2,1H3. The van der Waals surface area contributed by atoms with Gasteiger partial charge in [0.15, 0.2) is 0 Å². The Balaban J connectivity index is 2.08.